The van der Waals surface area contributed by atoms with Crippen molar-refractivity contribution in [2.75, 3.05) is 26.2 Å². The highest BCUT2D eigenvalue weighted by Gasteiger charge is 2.24. The van der Waals surface area contributed by atoms with Gasteiger partial charge in [-0.3, -0.25) is 9.69 Å². The van der Waals surface area contributed by atoms with Crippen molar-refractivity contribution < 1.29 is 4.79 Å². The number of hydrogen-bond acceptors (Lipinski definition) is 5. The lowest BCUT2D eigenvalue weighted by Crippen LogP contribution is -2.45. The summed E-state index contributed by atoms with van der Waals surface area (Å²) in [7, 11) is 0. The Balaban J connectivity index is 2.21. The molecule has 1 atom stereocenters. The van der Waals surface area contributed by atoms with E-state index in [2.05, 4.69) is 22.1 Å². The van der Waals surface area contributed by atoms with E-state index < -0.39 is 0 Å². The monoisotopic (exact) mass is 267 g/mol. The molecule has 1 saturated heterocycles. The van der Waals surface area contributed by atoms with Crippen molar-refractivity contribution in [2.24, 2.45) is 0 Å². The predicted octanol–water partition coefficient (Wildman–Crippen LogP) is 2.01. The van der Waals surface area contributed by atoms with Crippen molar-refractivity contribution in [3.8, 4) is 0 Å². The van der Waals surface area contributed by atoms with E-state index in [0.29, 0.717) is 6.04 Å². The van der Waals surface area contributed by atoms with Gasteiger partial charge in [-0.1, -0.05) is 6.92 Å². The van der Waals surface area contributed by atoms with Crippen molar-refractivity contribution in [3.05, 3.63) is 15.6 Å². The number of ketones is 1. The zero-order valence-corrected chi connectivity index (χ0v) is 12.1. The van der Waals surface area contributed by atoms with Crippen molar-refractivity contribution in [3.63, 3.8) is 0 Å². The van der Waals surface area contributed by atoms with Crippen LogP contribution in [0.15, 0.2) is 0 Å². The molecule has 18 heavy (non-hydrogen) atoms. The maximum atomic E-state index is 11.5. The molecule has 2 heterocycles. The van der Waals surface area contributed by atoms with Crippen molar-refractivity contribution in [1.82, 2.24) is 15.2 Å². The molecule has 5 heteroatoms. The van der Waals surface area contributed by atoms with Gasteiger partial charge in [-0.2, -0.15) is 0 Å². The second-order valence-corrected chi connectivity index (χ2v) is 5.76. The number of thiazole rings is 1. The number of nitrogens with zero attached hydrogens (tertiary/aromatic N) is 2. The van der Waals surface area contributed by atoms with Crippen molar-refractivity contribution in [1.29, 1.82) is 0 Å². The molecule has 0 bridgehead atoms. The number of carbonyl (C=O) groups is 1. The molecule has 1 fully saturated rings. The van der Waals surface area contributed by atoms with Gasteiger partial charge in [0.15, 0.2) is 5.78 Å². The molecule has 1 N–H and O–H groups in total. The lowest BCUT2D eigenvalue weighted by molar-refractivity contribution is 0.102. The Labute approximate surface area is 112 Å². The van der Waals surface area contributed by atoms with Crippen LogP contribution in [0.3, 0.4) is 0 Å². The summed E-state index contributed by atoms with van der Waals surface area (Å²) in [5.74, 6) is 0.131. The number of nitrogens with one attached hydrogen (secondary N) is 1. The molecule has 0 saturated carbocycles. The predicted molar refractivity (Wildman–Crippen MR) is 74.3 cm³/mol. The van der Waals surface area contributed by atoms with E-state index in [4.69, 9.17) is 0 Å². The Bertz CT molecular complexity index is 424. The zero-order chi connectivity index (χ0) is 13.1. The average molecular weight is 267 g/mol. The molecule has 0 spiro atoms. The van der Waals surface area contributed by atoms with Crippen LogP contribution < -0.4 is 5.32 Å². The molecule has 100 valence electrons. The largest absolute Gasteiger partial charge is 0.314 e. The molecule has 2 rings (SSSR count). The van der Waals surface area contributed by atoms with E-state index in [1.807, 2.05) is 6.92 Å². The first-order chi connectivity index (χ1) is 8.63. The molecule has 1 aliphatic heterocycles. The quantitative estimate of drug-likeness (QED) is 0.848. The summed E-state index contributed by atoms with van der Waals surface area (Å²) in [6.45, 7) is 9.95. The first kappa shape index (κ1) is 13.6. The van der Waals surface area contributed by atoms with Gasteiger partial charge in [0.1, 0.15) is 5.01 Å². The van der Waals surface area contributed by atoms with Crippen LogP contribution in [0, 0.1) is 6.92 Å². The van der Waals surface area contributed by atoms with Crippen LogP contribution >= 0.6 is 11.3 Å². The second-order valence-electron chi connectivity index (χ2n) is 4.73. The normalized spacial score (nSPS) is 18.8. The molecule has 4 nitrogen and oxygen atoms in total. The molecule has 0 aliphatic carbocycles. The minimum Gasteiger partial charge on any atom is -0.314 e. The lowest BCUT2D eigenvalue weighted by Gasteiger charge is -2.33. The molecular formula is C13H21N3OS. The van der Waals surface area contributed by atoms with Gasteiger partial charge >= 0.3 is 0 Å². The fraction of sp³-hybridized carbons (Fsp3) is 0.692. The molecule has 1 aromatic heterocycles. The topological polar surface area (TPSA) is 45.2 Å². The van der Waals surface area contributed by atoms with Crippen LogP contribution in [0.4, 0.5) is 0 Å². The van der Waals surface area contributed by atoms with Crippen LogP contribution in [0.5, 0.6) is 0 Å². The number of piperazine rings is 1. The smallest absolute Gasteiger partial charge is 0.171 e. The Morgan fingerprint density at radius 1 is 1.50 bits per heavy atom. The SMILES string of the molecule is CCC(c1nc(C)c(C(C)=O)s1)N1CCNCC1. The number of hydrogen-bond donors (Lipinski definition) is 1. The molecule has 1 aromatic rings. The molecule has 0 aromatic carbocycles. The fourth-order valence-electron chi connectivity index (χ4n) is 2.47. The summed E-state index contributed by atoms with van der Waals surface area (Å²) >= 11 is 1.57. The third-order valence-electron chi connectivity index (χ3n) is 3.40. The lowest BCUT2D eigenvalue weighted by atomic mass is 10.2. The molecule has 0 amide bonds. The number of Topliss-reactive ketones (excluding diaryl/α,β-unsaturated/α-hetero) is 1. The van der Waals surface area contributed by atoms with Crippen molar-refractivity contribution in [2.45, 2.75) is 33.2 Å². The summed E-state index contributed by atoms with van der Waals surface area (Å²) in [6.07, 6.45) is 1.05. The molecule has 1 unspecified atom stereocenters. The van der Waals surface area contributed by atoms with Gasteiger partial charge in [0.05, 0.1) is 16.6 Å². The fourth-order valence-corrected chi connectivity index (χ4v) is 3.65. The van der Waals surface area contributed by atoms with Gasteiger partial charge in [0.25, 0.3) is 0 Å². The first-order valence-corrected chi connectivity index (χ1v) is 7.38. The van der Waals surface area contributed by atoms with E-state index >= 15 is 0 Å². The minimum atomic E-state index is 0.131. The van der Waals surface area contributed by atoms with Crippen LogP contribution in [-0.2, 0) is 0 Å². The van der Waals surface area contributed by atoms with Crippen LogP contribution in [-0.4, -0.2) is 41.8 Å². The van der Waals surface area contributed by atoms with E-state index in [1.54, 1.807) is 18.3 Å². The van der Waals surface area contributed by atoms with Crippen LogP contribution in [0.1, 0.15) is 46.7 Å². The van der Waals surface area contributed by atoms with Gasteiger partial charge in [-0.15, -0.1) is 11.3 Å². The number of aromatic nitrogens is 1. The summed E-state index contributed by atoms with van der Waals surface area (Å²) < 4.78 is 0. The third-order valence-corrected chi connectivity index (χ3v) is 4.76. The van der Waals surface area contributed by atoms with Crippen molar-refractivity contribution >= 4 is 17.1 Å². The van der Waals surface area contributed by atoms with Gasteiger partial charge in [-0.25, -0.2) is 4.98 Å². The van der Waals surface area contributed by atoms with Crippen LogP contribution in [0.25, 0.3) is 0 Å². The maximum absolute atomic E-state index is 11.5. The van der Waals surface area contributed by atoms with E-state index in [1.165, 1.54) is 0 Å². The Morgan fingerprint density at radius 3 is 2.67 bits per heavy atom. The number of carbonyl (C=O) groups excluding carboxylic acids is 1. The first-order valence-electron chi connectivity index (χ1n) is 6.56. The highest BCUT2D eigenvalue weighted by atomic mass is 32.1. The van der Waals surface area contributed by atoms with E-state index in [0.717, 1.165) is 48.2 Å². The highest BCUT2D eigenvalue weighted by Crippen LogP contribution is 2.30. The minimum absolute atomic E-state index is 0.131. The summed E-state index contributed by atoms with van der Waals surface area (Å²) in [5, 5.41) is 4.47. The standard InChI is InChI=1S/C13H21N3OS/c1-4-11(16-7-5-14-6-8-16)13-15-9(2)12(18-13)10(3)17/h11,14H,4-8H2,1-3H3. The molecule has 1 aliphatic rings. The third kappa shape index (κ3) is 2.79. The summed E-state index contributed by atoms with van der Waals surface area (Å²) in [4.78, 5) is 19.4. The Hall–Kier alpha value is -0.780. The summed E-state index contributed by atoms with van der Waals surface area (Å²) in [5.41, 5.74) is 0.885. The van der Waals surface area contributed by atoms with Crippen LogP contribution in [0.2, 0.25) is 0 Å². The van der Waals surface area contributed by atoms with E-state index in [-0.39, 0.29) is 5.78 Å². The average Bonchev–Trinajstić information content (AvgIpc) is 2.74. The molecular weight excluding hydrogens is 246 g/mol. The Kier molecular flexibility index (Phi) is 4.48. The summed E-state index contributed by atoms with van der Waals surface area (Å²) in [6, 6.07) is 0.365. The van der Waals surface area contributed by atoms with Gasteiger partial charge in [0, 0.05) is 33.1 Å². The number of rotatable bonds is 4. The second kappa shape index (κ2) is 5.91. The van der Waals surface area contributed by atoms with Gasteiger partial charge in [0.2, 0.25) is 0 Å². The highest BCUT2D eigenvalue weighted by molar-refractivity contribution is 7.13. The van der Waals surface area contributed by atoms with Gasteiger partial charge in [-0.05, 0) is 13.3 Å². The zero-order valence-electron chi connectivity index (χ0n) is 11.3. The maximum Gasteiger partial charge on any atom is 0.171 e. The Morgan fingerprint density at radius 2 is 2.17 bits per heavy atom. The van der Waals surface area contributed by atoms with E-state index in [9.17, 15) is 4.79 Å². The molecule has 0 radical (unpaired) electrons. The van der Waals surface area contributed by atoms with Gasteiger partial charge < -0.3 is 5.32 Å². The number of aryl methyl sites for hydroxylation is 1.